The molecule has 0 spiro atoms. The summed E-state index contributed by atoms with van der Waals surface area (Å²) in [6.45, 7) is 3.76. The van der Waals surface area contributed by atoms with Crippen LogP contribution in [0, 0.1) is 0 Å². The summed E-state index contributed by atoms with van der Waals surface area (Å²) in [5.41, 5.74) is 2.71. The van der Waals surface area contributed by atoms with E-state index in [-0.39, 0.29) is 6.04 Å². The number of amides is 1. The van der Waals surface area contributed by atoms with Gasteiger partial charge >= 0.3 is 0 Å². The van der Waals surface area contributed by atoms with Crippen molar-refractivity contribution in [2.75, 3.05) is 20.1 Å². The first-order chi connectivity index (χ1) is 9.26. The monoisotopic (exact) mass is 260 g/mol. The molecule has 1 unspecified atom stereocenters. The summed E-state index contributed by atoms with van der Waals surface area (Å²) < 4.78 is 0. The van der Waals surface area contributed by atoms with E-state index in [1.54, 1.807) is 0 Å². The second kappa shape index (κ2) is 6.71. The van der Waals surface area contributed by atoms with Crippen LogP contribution < -0.4 is 5.32 Å². The van der Waals surface area contributed by atoms with Crippen LogP contribution in [0.3, 0.4) is 0 Å². The molecule has 1 aliphatic rings. The Balaban J connectivity index is 2.12. The van der Waals surface area contributed by atoms with Crippen LogP contribution >= 0.6 is 0 Å². The fraction of sp³-hybridized carbons (Fsp3) is 0.562. The lowest BCUT2D eigenvalue weighted by Crippen LogP contribution is -2.37. The second-order valence-corrected chi connectivity index (χ2v) is 5.23. The Morgan fingerprint density at radius 2 is 2.21 bits per heavy atom. The van der Waals surface area contributed by atoms with Gasteiger partial charge in [-0.1, -0.05) is 37.6 Å². The highest BCUT2D eigenvalue weighted by Crippen LogP contribution is 2.23. The summed E-state index contributed by atoms with van der Waals surface area (Å²) in [7, 11) is 1.97. The number of fused-ring (bicyclic) bond motifs is 1. The molecule has 0 saturated heterocycles. The number of unbranched alkanes of at least 4 members (excludes halogenated alkanes) is 1. The molecule has 1 amide bonds. The third kappa shape index (κ3) is 3.35. The number of nitrogens with zero attached hydrogens (tertiary/aromatic N) is 1. The lowest BCUT2D eigenvalue weighted by atomic mass is 10.00. The Labute approximate surface area is 116 Å². The van der Waals surface area contributed by atoms with E-state index in [9.17, 15) is 4.79 Å². The van der Waals surface area contributed by atoms with Crippen molar-refractivity contribution in [3.05, 3.63) is 35.4 Å². The highest BCUT2D eigenvalue weighted by atomic mass is 16.2. The summed E-state index contributed by atoms with van der Waals surface area (Å²) >= 11 is 0. The molecule has 104 valence electrons. The molecule has 3 heteroatoms. The van der Waals surface area contributed by atoms with Crippen LogP contribution in [-0.4, -0.2) is 30.9 Å². The number of hydrogen-bond acceptors (Lipinski definition) is 2. The predicted octanol–water partition coefficient (Wildman–Crippen LogP) is 2.52. The normalized spacial score (nSPS) is 18.8. The summed E-state index contributed by atoms with van der Waals surface area (Å²) in [6.07, 6.45) is 3.72. The molecule has 19 heavy (non-hydrogen) atoms. The number of carbonyl (C=O) groups excluding carboxylic acids is 1. The van der Waals surface area contributed by atoms with Crippen LogP contribution in [-0.2, 0) is 11.2 Å². The average Bonchev–Trinajstić information content (AvgIpc) is 2.64. The Morgan fingerprint density at radius 1 is 1.42 bits per heavy atom. The summed E-state index contributed by atoms with van der Waals surface area (Å²) in [6, 6.07) is 8.78. The van der Waals surface area contributed by atoms with E-state index in [0.29, 0.717) is 12.3 Å². The van der Waals surface area contributed by atoms with Crippen molar-refractivity contribution in [3.8, 4) is 0 Å². The topological polar surface area (TPSA) is 32.3 Å². The Morgan fingerprint density at radius 3 is 2.95 bits per heavy atom. The fourth-order valence-electron chi connectivity index (χ4n) is 2.73. The maximum Gasteiger partial charge on any atom is 0.222 e. The minimum absolute atomic E-state index is 0.254. The number of carbonyl (C=O) groups is 1. The van der Waals surface area contributed by atoms with Gasteiger partial charge in [-0.2, -0.15) is 0 Å². The number of rotatable bonds is 4. The Kier molecular flexibility index (Phi) is 4.97. The zero-order valence-corrected chi connectivity index (χ0v) is 12.0. The molecule has 1 aliphatic heterocycles. The lowest BCUT2D eigenvalue weighted by Gasteiger charge is -2.25. The van der Waals surface area contributed by atoms with Gasteiger partial charge in [-0.3, -0.25) is 4.79 Å². The number of likely N-dealkylation sites (N-methyl/N-ethyl adjacent to an activating group) is 1. The van der Waals surface area contributed by atoms with Gasteiger partial charge < -0.3 is 10.2 Å². The van der Waals surface area contributed by atoms with E-state index in [0.717, 1.165) is 32.4 Å². The van der Waals surface area contributed by atoms with Gasteiger partial charge in [-0.25, -0.2) is 0 Å². The van der Waals surface area contributed by atoms with Gasteiger partial charge in [-0.05, 0) is 31.0 Å². The first-order valence-corrected chi connectivity index (χ1v) is 7.29. The summed E-state index contributed by atoms with van der Waals surface area (Å²) in [5, 5.41) is 3.35. The fourth-order valence-corrected chi connectivity index (χ4v) is 2.73. The Hall–Kier alpha value is -1.35. The van der Waals surface area contributed by atoms with Crippen molar-refractivity contribution in [3.63, 3.8) is 0 Å². The van der Waals surface area contributed by atoms with Crippen LogP contribution in [0.4, 0.5) is 0 Å². The minimum atomic E-state index is 0.254. The molecule has 0 radical (unpaired) electrons. The second-order valence-electron chi connectivity index (χ2n) is 5.23. The molecule has 0 aromatic heterocycles. The molecule has 2 rings (SSSR count). The molecule has 1 heterocycles. The smallest absolute Gasteiger partial charge is 0.222 e. The van der Waals surface area contributed by atoms with Gasteiger partial charge in [0.15, 0.2) is 0 Å². The van der Waals surface area contributed by atoms with Crippen molar-refractivity contribution in [2.24, 2.45) is 0 Å². The third-order valence-electron chi connectivity index (χ3n) is 3.93. The molecule has 3 nitrogen and oxygen atoms in total. The number of nitrogens with one attached hydrogen (secondary N) is 1. The molecular weight excluding hydrogens is 236 g/mol. The standard InChI is InChI=1S/C16H24N2O/c1-3-4-9-16(19)18-11-10-13-7-5-6-8-14(13)15(12-18)17-2/h5-8,15,17H,3-4,9-12H2,1-2H3. The minimum Gasteiger partial charge on any atom is -0.340 e. The maximum atomic E-state index is 12.2. The Bertz CT molecular complexity index is 431. The van der Waals surface area contributed by atoms with E-state index in [2.05, 4.69) is 36.5 Å². The van der Waals surface area contributed by atoms with Crippen LogP contribution in [0.5, 0.6) is 0 Å². The highest BCUT2D eigenvalue weighted by molar-refractivity contribution is 5.76. The molecule has 1 aromatic carbocycles. The van der Waals surface area contributed by atoms with Crippen molar-refractivity contribution in [1.82, 2.24) is 10.2 Å². The van der Waals surface area contributed by atoms with Crippen molar-refractivity contribution in [2.45, 2.75) is 38.6 Å². The molecule has 0 fully saturated rings. The van der Waals surface area contributed by atoms with Crippen LogP contribution in [0.1, 0.15) is 43.4 Å². The molecular formula is C16H24N2O. The van der Waals surface area contributed by atoms with Crippen molar-refractivity contribution >= 4 is 5.91 Å². The van der Waals surface area contributed by atoms with Crippen molar-refractivity contribution in [1.29, 1.82) is 0 Å². The van der Waals surface area contributed by atoms with E-state index in [1.165, 1.54) is 11.1 Å². The molecule has 1 aromatic rings. The van der Waals surface area contributed by atoms with E-state index < -0.39 is 0 Å². The molecule has 1 N–H and O–H groups in total. The predicted molar refractivity (Wildman–Crippen MR) is 78.1 cm³/mol. The van der Waals surface area contributed by atoms with Crippen molar-refractivity contribution < 1.29 is 4.79 Å². The van der Waals surface area contributed by atoms with Gasteiger partial charge in [0.1, 0.15) is 0 Å². The SMILES string of the molecule is CCCCC(=O)N1CCc2ccccc2C(NC)C1. The number of hydrogen-bond donors (Lipinski definition) is 1. The molecule has 0 saturated carbocycles. The van der Waals surface area contributed by atoms with Gasteiger partial charge in [0, 0.05) is 25.6 Å². The average molecular weight is 260 g/mol. The third-order valence-corrected chi connectivity index (χ3v) is 3.93. The van der Waals surface area contributed by atoms with Crippen LogP contribution in [0.2, 0.25) is 0 Å². The zero-order chi connectivity index (χ0) is 13.7. The van der Waals surface area contributed by atoms with E-state index in [1.807, 2.05) is 11.9 Å². The largest absolute Gasteiger partial charge is 0.340 e. The van der Waals surface area contributed by atoms with Crippen LogP contribution in [0.15, 0.2) is 24.3 Å². The first kappa shape index (κ1) is 14.1. The molecule has 1 atom stereocenters. The first-order valence-electron chi connectivity index (χ1n) is 7.29. The maximum absolute atomic E-state index is 12.2. The number of benzene rings is 1. The lowest BCUT2D eigenvalue weighted by molar-refractivity contribution is -0.131. The highest BCUT2D eigenvalue weighted by Gasteiger charge is 2.24. The van der Waals surface area contributed by atoms with Gasteiger partial charge in [-0.15, -0.1) is 0 Å². The van der Waals surface area contributed by atoms with Gasteiger partial charge in [0.2, 0.25) is 5.91 Å². The van der Waals surface area contributed by atoms with Crippen LogP contribution in [0.25, 0.3) is 0 Å². The molecule has 0 bridgehead atoms. The van der Waals surface area contributed by atoms with Gasteiger partial charge in [0.25, 0.3) is 0 Å². The van der Waals surface area contributed by atoms with E-state index >= 15 is 0 Å². The van der Waals surface area contributed by atoms with E-state index in [4.69, 9.17) is 0 Å². The molecule has 0 aliphatic carbocycles. The van der Waals surface area contributed by atoms with Gasteiger partial charge in [0.05, 0.1) is 0 Å². The summed E-state index contributed by atoms with van der Waals surface area (Å²) in [4.78, 5) is 14.2. The summed E-state index contributed by atoms with van der Waals surface area (Å²) in [5.74, 6) is 0.301. The quantitative estimate of drug-likeness (QED) is 0.902. The zero-order valence-electron chi connectivity index (χ0n) is 12.0.